The van der Waals surface area contributed by atoms with Crippen LogP contribution >= 0.6 is 0 Å². The smallest absolute Gasteiger partial charge is 0.159 e. The molecule has 150 valence electrons. The number of nitrogens with zero attached hydrogens (tertiary/aromatic N) is 3. The minimum atomic E-state index is 0.312. The van der Waals surface area contributed by atoms with Crippen molar-refractivity contribution < 1.29 is 9.84 Å². The van der Waals surface area contributed by atoms with E-state index in [1.807, 2.05) is 43.5 Å². The molecule has 0 radical (unpaired) electrons. The third-order valence-corrected chi connectivity index (χ3v) is 5.52. The average molecular weight is 389 g/mol. The van der Waals surface area contributed by atoms with Gasteiger partial charge in [-0.1, -0.05) is 30.3 Å². The van der Waals surface area contributed by atoms with E-state index >= 15 is 0 Å². The van der Waals surface area contributed by atoms with Crippen LogP contribution in [0.25, 0.3) is 0 Å². The molecule has 1 aromatic heterocycles. The number of benzene rings is 2. The zero-order chi connectivity index (χ0) is 20.1. The van der Waals surface area contributed by atoms with Crippen molar-refractivity contribution in [3.05, 3.63) is 77.9 Å². The molecule has 0 spiro atoms. The van der Waals surface area contributed by atoms with Gasteiger partial charge in [-0.25, -0.2) is 9.97 Å². The third kappa shape index (κ3) is 5.05. The summed E-state index contributed by atoms with van der Waals surface area (Å²) in [5.74, 6) is 2.56. The van der Waals surface area contributed by atoms with Crippen molar-refractivity contribution in [3.63, 3.8) is 0 Å². The monoisotopic (exact) mass is 389 g/mol. The van der Waals surface area contributed by atoms with E-state index in [2.05, 4.69) is 27.0 Å². The Morgan fingerprint density at radius 1 is 1.03 bits per heavy atom. The van der Waals surface area contributed by atoms with Gasteiger partial charge in [-0.2, -0.15) is 0 Å². The van der Waals surface area contributed by atoms with Crippen LogP contribution in [0.15, 0.2) is 60.8 Å². The van der Waals surface area contributed by atoms with Gasteiger partial charge in [-0.05, 0) is 55.5 Å². The van der Waals surface area contributed by atoms with Gasteiger partial charge in [-0.15, -0.1) is 0 Å². The van der Waals surface area contributed by atoms with Gasteiger partial charge in [0.1, 0.15) is 18.2 Å². The number of hydrogen-bond donors (Lipinski definition) is 1. The first kappa shape index (κ1) is 19.2. The second kappa shape index (κ2) is 8.95. The Kier molecular flexibility index (Phi) is 5.94. The van der Waals surface area contributed by atoms with Gasteiger partial charge in [0.05, 0.1) is 11.9 Å². The van der Waals surface area contributed by atoms with Crippen LogP contribution in [0.3, 0.4) is 0 Å². The van der Waals surface area contributed by atoms with Crippen LogP contribution in [-0.2, 0) is 13.0 Å². The maximum Gasteiger partial charge on any atom is 0.159 e. The molecule has 0 saturated carbocycles. The molecule has 1 aliphatic rings. The number of phenols is 1. The summed E-state index contributed by atoms with van der Waals surface area (Å²) < 4.78 is 5.89. The summed E-state index contributed by atoms with van der Waals surface area (Å²) in [5, 5.41) is 9.45. The number of phenolic OH excluding ortho intramolecular Hbond substituents is 1. The summed E-state index contributed by atoms with van der Waals surface area (Å²) in [4.78, 5) is 11.6. The minimum Gasteiger partial charge on any atom is -0.508 e. The second-order valence-corrected chi connectivity index (χ2v) is 7.66. The summed E-state index contributed by atoms with van der Waals surface area (Å²) in [6.07, 6.45) is 4.96. The van der Waals surface area contributed by atoms with E-state index in [9.17, 15) is 5.11 Å². The van der Waals surface area contributed by atoms with E-state index in [0.717, 1.165) is 55.2 Å². The highest BCUT2D eigenvalue weighted by Crippen LogP contribution is 2.27. The van der Waals surface area contributed by atoms with E-state index in [4.69, 9.17) is 4.74 Å². The highest BCUT2D eigenvalue weighted by atomic mass is 16.5. The maximum absolute atomic E-state index is 9.45. The van der Waals surface area contributed by atoms with E-state index < -0.39 is 0 Å². The zero-order valence-electron chi connectivity index (χ0n) is 16.8. The Labute approximate surface area is 172 Å². The topological polar surface area (TPSA) is 58.5 Å². The lowest BCUT2D eigenvalue weighted by molar-refractivity contribution is 0.300. The van der Waals surface area contributed by atoms with Crippen LogP contribution in [0.5, 0.6) is 11.5 Å². The molecule has 4 rings (SSSR count). The predicted molar refractivity (Wildman–Crippen MR) is 114 cm³/mol. The number of aromatic hydroxyl groups is 1. The van der Waals surface area contributed by atoms with Crippen molar-refractivity contribution >= 4 is 5.69 Å². The number of aryl methyl sites for hydroxylation is 1. The first-order valence-corrected chi connectivity index (χ1v) is 10.2. The van der Waals surface area contributed by atoms with Gasteiger partial charge >= 0.3 is 0 Å². The fourth-order valence-electron chi connectivity index (χ4n) is 3.80. The average Bonchev–Trinajstić information content (AvgIpc) is 2.75. The highest BCUT2D eigenvalue weighted by Gasteiger charge is 2.21. The van der Waals surface area contributed by atoms with Crippen LogP contribution in [0.1, 0.15) is 29.9 Å². The molecule has 1 aliphatic heterocycles. The molecule has 0 bridgehead atoms. The molecular formula is C24H27N3O2. The number of ether oxygens (including phenoxy) is 1. The van der Waals surface area contributed by atoms with E-state index in [1.165, 1.54) is 5.69 Å². The maximum atomic E-state index is 9.45. The molecule has 5 heteroatoms. The molecule has 1 fully saturated rings. The van der Waals surface area contributed by atoms with Crippen LogP contribution in [0, 0.1) is 12.8 Å². The summed E-state index contributed by atoms with van der Waals surface area (Å²) in [5.41, 5.74) is 3.21. The molecule has 0 unspecified atom stereocenters. The van der Waals surface area contributed by atoms with Crippen molar-refractivity contribution in [2.45, 2.75) is 32.8 Å². The zero-order valence-corrected chi connectivity index (χ0v) is 16.8. The lowest BCUT2D eigenvalue weighted by Gasteiger charge is -2.33. The predicted octanol–water partition coefficient (Wildman–Crippen LogP) is 4.53. The molecular weight excluding hydrogens is 362 g/mol. The van der Waals surface area contributed by atoms with Crippen LogP contribution in [-0.4, -0.2) is 28.2 Å². The second-order valence-electron chi connectivity index (χ2n) is 7.66. The van der Waals surface area contributed by atoms with Crippen molar-refractivity contribution in [1.82, 2.24) is 9.97 Å². The SMILES string of the molecule is Cc1nc(CC2CCN(c3ccc(O)cc3)CC2)ncc1OCc1ccccc1. The van der Waals surface area contributed by atoms with Crippen molar-refractivity contribution in [2.75, 3.05) is 18.0 Å². The number of hydrogen-bond acceptors (Lipinski definition) is 5. The normalized spacial score (nSPS) is 14.7. The van der Waals surface area contributed by atoms with Crippen LogP contribution in [0.2, 0.25) is 0 Å². The Morgan fingerprint density at radius 2 is 1.76 bits per heavy atom. The summed E-state index contributed by atoms with van der Waals surface area (Å²) in [6.45, 7) is 4.55. The molecule has 2 aromatic carbocycles. The summed E-state index contributed by atoms with van der Waals surface area (Å²) >= 11 is 0. The number of rotatable bonds is 6. The number of piperidine rings is 1. The molecule has 1 saturated heterocycles. The summed E-state index contributed by atoms with van der Waals surface area (Å²) in [6, 6.07) is 17.6. The molecule has 29 heavy (non-hydrogen) atoms. The fourth-order valence-corrected chi connectivity index (χ4v) is 3.80. The lowest BCUT2D eigenvalue weighted by Crippen LogP contribution is -2.34. The lowest BCUT2D eigenvalue weighted by atomic mass is 9.93. The van der Waals surface area contributed by atoms with Gasteiger partial charge in [0.15, 0.2) is 5.75 Å². The number of anilines is 1. The van der Waals surface area contributed by atoms with Gasteiger partial charge in [-0.3, -0.25) is 0 Å². The van der Waals surface area contributed by atoms with Crippen LogP contribution < -0.4 is 9.64 Å². The Hall–Kier alpha value is -3.08. The van der Waals surface area contributed by atoms with Gasteiger partial charge in [0.2, 0.25) is 0 Å². The minimum absolute atomic E-state index is 0.312. The summed E-state index contributed by atoms with van der Waals surface area (Å²) in [7, 11) is 0. The van der Waals surface area contributed by atoms with E-state index in [-0.39, 0.29) is 0 Å². The molecule has 0 aliphatic carbocycles. The first-order valence-electron chi connectivity index (χ1n) is 10.2. The van der Waals surface area contributed by atoms with Gasteiger partial charge in [0.25, 0.3) is 0 Å². The van der Waals surface area contributed by atoms with E-state index in [1.54, 1.807) is 12.1 Å². The Morgan fingerprint density at radius 3 is 2.45 bits per heavy atom. The first-order chi connectivity index (χ1) is 14.2. The van der Waals surface area contributed by atoms with Crippen molar-refractivity contribution in [1.29, 1.82) is 0 Å². The molecule has 1 N–H and O–H groups in total. The third-order valence-electron chi connectivity index (χ3n) is 5.52. The quantitative estimate of drug-likeness (QED) is 0.671. The van der Waals surface area contributed by atoms with Gasteiger partial charge < -0.3 is 14.7 Å². The van der Waals surface area contributed by atoms with Gasteiger partial charge in [0, 0.05) is 25.2 Å². The fraction of sp³-hybridized carbons (Fsp3) is 0.333. The number of aromatic nitrogens is 2. The molecule has 5 nitrogen and oxygen atoms in total. The molecule has 3 aromatic rings. The molecule has 0 amide bonds. The van der Waals surface area contributed by atoms with Crippen LogP contribution in [0.4, 0.5) is 5.69 Å². The largest absolute Gasteiger partial charge is 0.508 e. The molecule has 0 atom stereocenters. The Bertz CT molecular complexity index is 921. The van der Waals surface area contributed by atoms with E-state index in [0.29, 0.717) is 18.3 Å². The standard InChI is InChI=1S/C24H27N3O2/c1-18-23(29-17-20-5-3-2-4-6-20)16-25-24(26-18)15-19-11-13-27(14-12-19)21-7-9-22(28)10-8-21/h2-10,16,19,28H,11-15,17H2,1H3. The van der Waals surface area contributed by atoms with Crippen molar-refractivity contribution in [2.24, 2.45) is 5.92 Å². The highest BCUT2D eigenvalue weighted by molar-refractivity contribution is 5.49. The van der Waals surface area contributed by atoms with Crippen molar-refractivity contribution in [3.8, 4) is 11.5 Å². The Balaban J connectivity index is 1.30. The molecule has 2 heterocycles.